The van der Waals surface area contributed by atoms with E-state index in [9.17, 15) is 0 Å². The molecule has 122 valence electrons. The smallest absolute Gasteiger partial charge is 0.183 e. The van der Waals surface area contributed by atoms with Gasteiger partial charge >= 0.3 is 0 Å². The van der Waals surface area contributed by atoms with Crippen LogP contribution in [0, 0.1) is 0 Å². The Labute approximate surface area is 142 Å². The van der Waals surface area contributed by atoms with Crippen LogP contribution in [0.3, 0.4) is 0 Å². The Morgan fingerprint density at radius 2 is 2.14 bits per heavy atom. The van der Waals surface area contributed by atoms with Gasteiger partial charge in [-0.25, -0.2) is 4.98 Å². The van der Waals surface area contributed by atoms with E-state index in [1.54, 1.807) is 11.3 Å². The van der Waals surface area contributed by atoms with E-state index in [0.29, 0.717) is 4.47 Å². The largest absolute Gasteiger partial charge is 0.351 e. The van der Waals surface area contributed by atoms with Gasteiger partial charge in [-0.15, -0.1) is 11.3 Å². The van der Waals surface area contributed by atoms with E-state index in [2.05, 4.69) is 47.4 Å². The van der Waals surface area contributed by atoms with Gasteiger partial charge in [0.2, 0.25) is 0 Å². The van der Waals surface area contributed by atoms with E-state index in [1.807, 2.05) is 6.20 Å². The quantitative estimate of drug-likeness (QED) is 0.835. The van der Waals surface area contributed by atoms with Gasteiger partial charge < -0.3 is 9.80 Å². The average Bonchev–Trinajstić information content (AvgIpc) is 3.06. The fraction of sp³-hybridized carbons (Fsp3) is 0.688. The van der Waals surface area contributed by atoms with Crippen molar-refractivity contribution in [3.8, 4) is 0 Å². The molecule has 2 aliphatic rings. The van der Waals surface area contributed by atoms with Gasteiger partial charge in [0.05, 0.1) is 13.2 Å². The highest BCUT2D eigenvalue weighted by molar-refractivity contribution is 7.15. The van der Waals surface area contributed by atoms with Gasteiger partial charge in [0.15, 0.2) is 4.47 Å². The van der Waals surface area contributed by atoms with Crippen molar-refractivity contribution in [2.75, 3.05) is 26.3 Å². The topological polar surface area (TPSA) is 22.6 Å². The fourth-order valence-corrected chi connectivity index (χ4v) is 4.27. The molecule has 1 saturated heterocycles. The third-order valence-corrected chi connectivity index (χ3v) is 6.08. The molecule has 1 aromatic heterocycles. The van der Waals surface area contributed by atoms with Gasteiger partial charge in [0, 0.05) is 36.2 Å². The first-order valence-corrected chi connectivity index (χ1v) is 9.15. The molecule has 22 heavy (non-hydrogen) atoms. The lowest BCUT2D eigenvalue weighted by Crippen LogP contribution is -2.52. The molecule has 1 fully saturated rings. The second-order valence-corrected chi connectivity index (χ2v) is 8.57. The Hall–Kier alpha value is -0.780. The monoisotopic (exact) mass is 340 g/mol. The molecule has 0 aromatic carbocycles. The van der Waals surface area contributed by atoms with Crippen LogP contribution in [0.2, 0.25) is 4.47 Å². The van der Waals surface area contributed by atoms with Crippen molar-refractivity contribution in [3.63, 3.8) is 0 Å². The van der Waals surface area contributed by atoms with Crippen molar-refractivity contribution in [2.24, 2.45) is 0 Å². The summed E-state index contributed by atoms with van der Waals surface area (Å²) in [6.45, 7) is 14.5. The Morgan fingerprint density at radius 3 is 2.77 bits per heavy atom. The third kappa shape index (κ3) is 2.99. The molecule has 4 nitrogen and oxygen atoms in total. The number of nitrogens with zero attached hydrogens (tertiary/aromatic N) is 4. The van der Waals surface area contributed by atoms with Crippen LogP contribution in [-0.2, 0) is 6.54 Å². The summed E-state index contributed by atoms with van der Waals surface area (Å²) in [4.78, 5) is 13.0. The molecule has 3 rings (SSSR count). The maximum Gasteiger partial charge on any atom is 0.183 e. The van der Waals surface area contributed by atoms with Gasteiger partial charge in [-0.2, -0.15) is 0 Å². The van der Waals surface area contributed by atoms with E-state index in [-0.39, 0.29) is 5.54 Å². The van der Waals surface area contributed by atoms with E-state index in [4.69, 9.17) is 11.6 Å². The molecule has 6 heteroatoms. The zero-order chi connectivity index (χ0) is 15.9. The first-order valence-electron chi connectivity index (χ1n) is 7.95. The van der Waals surface area contributed by atoms with Crippen molar-refractivity contribution in [1.82, 2.24) is 19.7 Å². The minimum absolute atomic E-state index is 0.255. The lowest BCUT2D eigenvalue weighted by Gasteiger charge is -2.45. The van der Waals surface area contributed by atoms with E-state index < -0.39 is 0 Å². The number of rotatable bonds is 4. The van der Waals surface area contributed by atoms with Crippen LogP contribution in [0.4, 0.5) is 0 Å². The minimum Gasteiger partial charge on any atom is -0.351 e. The summed E-state index contributed by atoms with van der Waals surface area (Å²) in [6.07, 6.45) is 3.08. The lowest BCUT2D eigenvalue weighted by molar-refractivity contribution is 0.0551. The Bertz CT molecular complexity index is 580. The molecule has 0 N–H and O–H groups in total. The summed E-state index contributed by atoms with van der Waals surface area (Å²) in [6, 6.07) is 0. The molecule has 3 heterocycles. The number of fused-ring (bicyclic) bond motifs is 1. The van der Waals surface area contributed by atoms with Gasteiger partial charge in [-0.3, -0.25) is 4.90 Å². The molecular formula is C16H25ClN4S. The lowest BCUT2D eigenvalue weighted by atomic mass is 9.98. The summed E-state index contributed by atoms with van der Waals surface area (Å²) in [5.74, 6) is 1.42. The Morgan fingerprint density at radius 1 is 1.36 bits per heavy atom. The van der Waals surface area contributed by atoms with Crippen LogP contribution in [-0.4, -0.2) is 51.5 Å². The molecular weight excluding hydrogens is 316 g/mol. The molecule has 1 aromatic rings. The van der Waals surface area contributed by atoms with Crippen LogP contribution >= 0.6 is 22.9 Å². The highest BCUT2D eigenvalue weighted by Crippen LogP contribution is 2.33. The highest BCUT2D eigenvalue weighted by atomic mass is 35.5. The van der Waals surface area contributed by atoms with Gasteiger partial charge in [0.1, 0.15) is 5.82 Å². The molecule has 0 amide bonds. The van der Waals surface area contributed by atoms with Crippen LogP contribution in [0.5, 0.6) is 0 Å². The second kappa shape index (κ2) is 6.02. The molecule has 0 atom stereocenters. The van der Waals surface area contributed by atoms with E-state index in [0.717, 1.165) is 32.8 Å². The van der Waals surface area contributed by atoms with Crippen LogP contribution in [0.15, 0.2) is 17.6 Å². The Balaban J connectivity index is 1.77. The van der Waals surface area contributed by atoms with Crippen LogP contribution in [0.1, 0.15) is 39.0 Å². The SMILES string of the molecule is CCC(C)(C)N1CC(C)=C2N(Cc3cnc(Cl)s3)CCN2C1. The normalized spacial score (nSPS) is 20.0. The number of thiazole rings is 1. The van der Waals surface area contributed by atoms with Crippen molar-refractivity contribution in [2.45, 2.75) is 46.2 Å². The van der Waals surface area contributed by atoms with Gasteiger partial charge in [-0.1, -0.05) is 18.5 Å². The summed E-state index contributed by atoms with van der Waals surface area (Å²) < 4.78 is 0.635. The number of hydrogen-bond acceptors (Lipinski definition) is 5. The van der Waals surface area contributed by atoms with Crippen molar-refractivity contribution in [3.05, 3.63) is 26.9 Å². The van der Waals surface area contributed by atoms with E-state index >= 15 is 0 Å². The number of halogens is 1. The average molecular weight is 341 g/mol. The summed E-state index contributed by atoms with van der Waals surface area (Å²) in [7, 11) is 0. The van der Waals surface area contributed by atoms with E-state index in [1.165, 1.54) is 22.7 Å². The molecule has 0 bridgehead atoms. The van der Waals surface area contributed by atoms with Gasteiger partial charge in [-0.05, 0) is 32.8 Å². The number of hydrogen-bond donors (Lipinski definition) is 0. The number of aromatic nitrogens is 1. The van der Waals surface area contributed by atoms with Crippen molar-refractivity contribution < 1.29 is 0 Å². The standard InChI is InChI=1S/C16H25ClN4S/c1-5-16(3,4)21-9-12(2)14-19(6-7-20(14)11-21)10-13-8-18-15(17)22-13/h8H,5-7,9-11H2,1-4H3. The first-order chi connectivity index (χ1) is 10.4. The molecule has 0 saturated carbocycles. The zero-order valence-corrected chi connectivity index (χ0v) is 15.5. The first kappa shape index (κ1) is 16.1. The maximum atomic E-state index is 5.96. The second-order valence-electron chi connectivity index (χ2n) is 6.87. The fourth-order valence-electron chi connectivity index (χ4n) is 3.27. The minimum atomic E-state index is 0.255. The molecule has 0 radical (unpaired) electrons. The molecule has 0 spiro atoms. The highest BCUT2D eigenvalue weighted by Gasteiger charge is 2.36. The summed E-state index contributed by atoms with van der Waals surface area (Å²) in [5.41, 5.74) is 1.73. The maximum absolute atomic E-state index is 5.96. The predicted octanol–water partition coefficient (Wildman–Crippen LogP) is 3.61. The van der Waals surface area contributed by atoms with Crippen molar-refractivity contribution >= 4 is 22.9 Å². The van der Waals surface area contributed by atoms with Gasteiger partial charge in [0.25, 0.3) is 0 Å². The molecule has 2 aliphatic heterocycles. The molecule has 0 aliphatic carbocycles. The predicted molar refractivity (Wildman–Crippen MR) is 92.9 cm³/mol. The third-order valence-electron chi connectivity index (χ3n) is 4.98. The summed E-state index contributed by atoms with van der Waals surface area (Å²) >= 11 is 7.54. The van der Waals surface area contributed by atoms with Crippen molar-refractivity contribution in [1.29, 1.82) is 0 Å². The van der Waals surface area contributed by atoms with Crippen LogP contribution < -0.4 is 0 Å². The molecule has 0 unspecified atom stereocenters. The van der Waals surface area contributed by atoms with Crippen LogP contribution in [0.25, 0.3) is 0 Å². The summed E-state index contributed by atoms with van der Waals surface area (Å²) in [5, 5.41) is 0. The Kier molecular flexibility index (Phi) is 4.40. The zero-order valence-electron chi connectivity index (χ0n) is 13.9.